The third-order valence-electron chi connectivity index (χ3n) is 2.72. The molecule has 1 fully saturated rings. The second-order valence-electron chi connectivity index (χ2n) is 4.15. The molecule has 1 heterocycles. The highest BCUT2D eigenvalue weighted by atomic mass is 16.5. The normalized spacial score (nSPS) is 26.0. The van der Waals surface area contributed by atoms with Crippen molar-refractivity contribution < 1.29 is 14.6 Å². The molecule has 0 amide bonds. The Labute approximate surface area is 84.8 Å². The Morgan fingerprint density at radius 3 is 3.00 bits per heavy atom. The minimum absolute atomic E-state index is 0.224. The van der Waals surface area contributed by atoms with E-state index in [1.54, 1.807) is 0 Å². The number of carboxylic acids is 1. The molecule has 82 valence electrons. The lowest BCUT2D eigenvalue weighted by atomic mass is 9.97. The fourth-order valence-corrected chi connectivity index (χ4v) is 1.83. The molecular formula is C10H19NO3. The highest BCUT2D eigenvalue weighted by Gasteiger charge is 2.22. The van der Waals surface area contributed by atoms with E-state index < -0.39 is 5.97 Å². The van der Waals surface area contributed by atoms with E-state index in [-0.39, 0.29) is 12.3 Å². The molecule has 4 nitrogen and oxygen atoms in total. The van der Waals surface area contributed by atoms with E-state index in [1.807, 2.05) is 6.92 Å². The summed E-state index contributed by atoms with van der Waals surface area (Å²) in [5, 5.41) is 8.63. The Balaban J connectivity index is 2.30. The van der Waals surface area contributed by atoms with Crippen molar-refractivity contribution in [3.8, 4) is 0 Å². The standard InChI is InChI=1S/C10H19NO3/c1-8(6-10(12)13)5-9-7-14-4-3-11(9)2/h8-9H,3-7H2,1-2H3,(H,12,13). The molecule has 0 spiro atoms. The summed E-state index contributed by atoms with van der Waals surface area (Å²) in [5.74, 6) is -0.487. The van der Waals surface area contributed by atoms with Gasteiger partial charge in [0.25, 0.3) is 0 Å². The van der Waals surface area contributed by atoms with Gasteiger partial charge in [-0.05, 0) is 19.4 Å². The van der Waals surface area contributed by atoms with Gasteiger partial charge in [0.1, 0.15) is 0 Å². The second-order valence-corrected chi connectivity index (χ2v) is 4.15. The van der Waals surface area contributed by atoms with Crippen molar-refractivity contribution in [2.75, 3.05) is 26.8 Å². The van der Waals surface area contributed by atoms with Gasteiger partial charge in [0.15, 0.2) is 0 Å². The van der Waals surface area contributed by atoms with Crippen LogP contribution in [-0.4, -0.2) is 48.8 Å². The molecule has 0 saturated carbocycles. The number of ether oxygens (including phenoxy) is 1. The maximum absolute atomic E-state index is 10.5. The predicted octanol–water partition coefficient (Wildman–Crippen LogP) is 0.818. The zero-order valence-corrected chi connectivity index (χ0v) is 8.90. The molecule has 0 radical (unpaired) electrons. The van der Waals surface area contributed by atoms with Crippen LogP contribution in [-0.2, 0) is 9.53 Å². The molecule has 1 aliphatic rings. The van der Waals surface area contributed by atoms with Crippen LogP contribution in [0.3, 0.4) is 0 Å². The predicted molar refractivity (Wildman–Crippen MR) is 53.3 cm³/mol. The summed E-state index contributed by atoms with van der Waals surface area (Å²) in [6.07, 6.45) is 1.16. The first-order valence-electron chi connectivity index (χ1n) is 5.09. The van der Waals surface area contributed by atoms with Crippen LogP contribution in [0.4, 0.5) is 0 Å². The van der Waals surface area contributed by atoms with Gasteiger partial charge in [-0.2, -0.15) is 0 Å². The monoisotopic (exact) mass is 201 g/mol. The molecule has 2 unspecified atom stereocenters. The van der Waals surface area contributed by atoms with Gasteiger partial charge < -0.3 is 9.84 Å². The summed E-state index contributed by atoms with van der Waals surface area (Å²) < 4.78 is 5.37. The fourth-order valence-electron chi connectivity index (χ4n) is 1.83. The van der Waals surface area contributed by atoms with Crippen molar-refractivity contribution in [1.82, 2.24) is 4.90 Å². The molecule has 4 heteroatoms. The smallest absolute Gasteiger partial charge is 0.303 e. The van der Waals surface area contributed by atoms with Gasteiger partial charge in [-0.25, -0.2) is 0 Å². The first-order valence-corrected chi connectivity index (χ1v) is 5.09. The SMILES string of the molecule is CC(CC(=O)O)CC1COCCN1C. The highest BCUT2D eigenvalue weighted by molar-refractivity contribution is 5.66. The summed E-state index contributed by atoms with van der Waals surface area (Å²) in [4.78, 5) is 12.7. The molecular weight excluding hydrogens is 182 g/mol. The maximum atomic E-state index is 10.5. The van der Waals surface area contributed by atoms with E-state index in [1.165, 1.54) is 0 Å². The van der Waals surface area contributed by atoms with Gasteiger partial charge in [0.05, 0.1) is 13.2 Å². The molecule has 2 atom stereocenters. The van der Waals surface area contributed by atoms with Crippen LogP contribution < -0.4 is 0 Å². The molecule has 0 aromatic rings. The molecule has 1 aliphatic heterocycles. The highest BCUT2D eigenvalue weighted by Crippen LogP contribution is 2.16. The van der Waals surface area contributed by atoms with Crippen LogP contribution in [0.1, 0.15) is 19.8 Å². The third kappa shape index (κ3) is 3.64. The van der Waals surface area contributed by atoms with Crippen LogP contribution >= 0.6 is 0 Å². The Morgan fingerprint density at radius 1 is 1.71 bits per heavy atom. The summed E-state index contributed by atoms with van der Waals surface area (Å²) in [6, 6.07) is 0.387. The third-order valence-corrected chi connectivity index (χ3v) is 2.72. The summed E-state index contributed by atoms with van der Waals surface area (Å²) in [6.45, 7) is 4.46. The van der Waals surface area contributed by atoms with E-state index in [2.05, 4.69) is 11.9 Å². The molecule has 0 bridgehead atoms. The lowest BCUT2D eigenvalue weighted by Crippen LogP contribution is -2.43. The van der Waals surface area contributed by atoms with E-state index in [4.69, 9.17) is 9.84 Å². The van der Waals surface area contributed by atoms with Crippen molar-refractivity contribution >= 4 is 5.97 Å². The number of hydrogen-bond donors (Lipinski definition) is 1. The molecule has 1 saturated heterocycles. The van der Waals surface area contributed by atoms with E-state index in [9.17, 15) is 4.79 Å². The maximum Gasteiger partial charge on any atom is 0.303 e. The lowest BCUT2D eigenvalue weighted by Gasteiger charge is -2.33. The number of carbonyl (C=O) groups is 1. The molecule has 0 aliphatic carbocycles. The minimum atomic E-state index is -0.711. The van der Waals surface area contributed by atoms with E-state index >= 15 is 0 Å². The Bertz CT molecular complexity index is 196. The van der Waals surface area contributed by atoms with Crippen LogP contribution in [0, 0.1) is 5.92 Å². The molecule has 1 N–H and O–H groups in total. The van der Waals surface area contributed by atoms with Gasteiger partial charge in [0.2, 0.25) is 0 Å². The van der Waals surface area contributed by atoms with Gasteiger partial charge in [-0.1, -0.05) is 6.92 Å². The van der Waals surface area contributed by atoms with Crippen molar-refractivity contribution in [3.05, 3.63) is 0 Å². The van der Waals surface area contributed by atoms with Gasteiger partial charge in [0, 0.05) is 19.0 Å². The number of rotatable bonds is 4. The average molecular weight is 201 g/mol. The molecule has 0 aromatic heterocycles. The number of carboxylic acid groups (broad SMARTS) is 1. The van der Waals surface area contributed by atoms with Crippen molar-refractivity contribution in [3.63, 3.8) is 0 Å². The first kappa shape index (κ1) is 11.5. The van der Waals surface area contributed by atoms with Crippen LogP contribution in [0.25, 0.3) is 0 Å². The summed E-state index contributed by atoms with van der Waals surface area (Å²) in [5.41, 5.74) is 0. The Hall–Kier alpha value is -0.610. The zero-order valence-electron chi connectivity index (χ0n) is 8.90. The number of likely N-dealkylation sites (N-methyl/N-ethyl adjacent to an activating group) is 1. The number of hydrogen-bond acceptors (Lipinski definition) is 3. The molecule has 14 heavy (non-hydrogen) atoms. The van der Waals surface area contributed by atoms with Crippen LogP contribution in [0.2, 0.25) is 0 Å². The Morgan fingerprint density at radius 2 is 2.43 bits per heavy atom. The van der Waals surface area contributed by atoms with Crippen molar-refractivity contribution in [2.45, 2.75) is 25.8 Å². The molecule has 0 aromatic carbocycles. The van der Waals surface area contributed by atoms with E-state index in [0.29, 0.717) is 6.04 Å². The zero-order chi connectivity index (χ0) is 10.6. The average Bonchev–Trinajstić information content (AvgIpc) is 2.07. The number of aliphatic carboxylic acids is 1. The van der Waals surface area contributed by atoms with Crippen molar-refractivity contribution in [2.24, 2.45) is 5.92 Å². The number of morpholine rings is 1. The lowest BCUT2D eigenvalue weighted by molar-refractivity contribution is -0.138. The van der Waals surface area contributed by atoms with Crippen LogP contribution in [0.15, 0.2) is 0 Å². The minimum Gasteiger partial charge on any atom is -0.481 e. The first-order chi connectivity index (χ1) is 6.59. The fraction of sp³-hybridized carbons (Fsp3) is 0.900. The van der Waals surface area contributed by atoms with E-state index in [0.717, 1.165) is 26.2 Å². The van der Waals surface area contributed by atoms with Crippen LogP contribution in [0.5, 0.6) is 0 Å². The summed E-state index contributed by atoms with van der Waals surface area (Å²) >= 11 is 0. The van der Waals surface area contributed by atoms with Gasteiger partial charge >= 0.3 is 5.97 Å². The van der Waals surface area contributed by atoms with Gasteiger partial charge in [-0.15, -0.1) is 0 Å². The quantitative estimate of drug-likeness (QED) is 0.731. The van der Waals surface area contributed by atoms with Crippen molar-refractivity contribution in [1.29, 1.82) is 0 Å². The topological polar surface area (TPSA) is 49.8 Å². The van der Waals surface area contributed by atoms with Gasteiger partial charge in [-0.3, -0.25) is 9.69 Å². The second kappa shape index (κ2) is 5.32. The Kier molecular flexibility index (Phi) is 4.35. The molecule has 1 rings (SSSR count). The summed E-state index contributed by atoms with van der Waals surface area (Å²) in [7, 11) is 2.07. The number of nitrogens with zero attached hydrogens (tertiary/aromatic N) is 1. The largest absolute Gasteiger partial charge is 0.481 e.